The van der Waals surface area contributed by atoms with E-state index in [1.807, 2.05) is 56.1 Å². The normalized spacial score (nSPS) is 15.1. The molecular formula is C39H40N6O4. The van der Waals surface area contributed by atoms with E-state index in [9.17, 15) is 19.2 Å². The first kappa shape index (κ1) is 32.1. The first-order valence-electron chi connectivity index (χ1n) is 16.9. The van der Waals surface area contributed by atoms with E-state index in [0.29, 0.717) is 47.7 Å². The smallest absolute Gasteiger partial charge is 0.268 e. The van der Waals surface area contributed by atoms with Crippen molar-refractivity contribution in [3.63, 3.8) is 0 Å². The van der Waals surface area contributed by atoms with E-state index in [1.165, 1.54) is 16.2 Å². The molecule has 250 valence electrons. The predicted octanol–water partition coefficient (Wildman–Crippen LogP) is 6.11. The van der Waals surface area contributed by atoms with E-state index in [4.69, 9.17) is 5.73 Å². The molecule has 2 aliphatic rings. The molecule has 0 unspecified atom stereocenters. The number of nitrogens with zero attached hydrogens (tertiary/aromatic N) is 4. The topological polar surface area (TPSA) is 132 Å². The van der Waals surface area contributed by atoms with Crippen LogP contribution < -0.4 is 16.6 Å². The van der Waals surface area contributed by atoms with Crippen LogP contribution in [0, 0.1) is 5.92 Å². The van der Waals surface area contributed by atoms with Gasteiger partial charge in [-0.15, -0.1) is 0 Å². The molecule has 10 nitrogen and oxygen atoms in total. The third-order valence-corrected chi connectivity index (χ3v) is 9.91. The second kappa shape index (κ2) is 12.8. The number of nitrogens with two attached hydrogens (primary N) is 1. The van der Waals surface area contributed by atoms with Crippen molar-refractivity contribution in [2.24, 2.45) is 13.0 Å². The number of likely N-dealkylation sites (tertiary alicyclic amines) is 1. The lowest BCUT2D eigenvalue weighted by atomic mass is 9.86. The second-order valence-corrected chi connectivity index (χ2v) is 13.4. The molecule has 1 aliphatic carbocycles. The molecule has 0 radical (unpaired) electrons. The predicted molar refractivity (Wildman–Crippen MR) is 191 cm³/mol. The summed E-state index contributed by atoms with van der Waals surface area (Å²) in [5.74, 6) is 0.264. The molecule has 2 amide bonds. The summed E-state index contributed by atoms with van der Waals surface area (Å²) < 4.78 is 3.31. The molecule has 1 fully saturated rings. The van der Waals surface area contributed by atoms with Gasteiger partial charge in [0.1, 0.15) is 5.56 Å². The van der Waals surface area contributed by atoms with Crippen LogP contribution in [0.3, 0.4) is 0 Å². The van der Waals surface area contributed by atoms with E-state index in [2.05, 4.69) is 22.5 Å². The fourth-order valence-electron chi connectivity index (χ4n) is 7.34. The highest BCUT2D eigenvalue weighted by Gasteiger charge is 2.28. The Balaban J connectivity index is 1.18. The molecule has 0 bridgehead atoms. The Hall–Kier alpha value is -5.51. The van der Waals surface area contributed by atoms with Gasteiger partial charge in [-0.3, -0.25) is 28.4 Å². The third-order valence-electron chi connectivity index (χ3n) is 9.91. The SMILES string of the molecule is CC(C)C(=O)N1CCC(c2cc(-c3ccc(NC(=O)c4cc5c(n(-c6ccccc6)c4=O)CCCC5=O)cc3)c3c(N)nn(C)c3c2)CC1. The number of nitrogens with one attached hydrogen (secondary N) is 1. The monoisotopic (exact) mass is 656 g/mol. The number of nitrogen functional groups attached to an aromatic ring is 1. The lowest BCUT2D eigenvalue weighted by Crippen LogP contribution is -2.40. The minimum absolute atomic E-state index is 0.0140. The number of piperidine rings is 1. The first-order chi connectivity index (χ1) is 23.6. The summed E-state index contributed by atoms with van der Waals surface area (Å²) in [5, 5.41) is 8.24. The Morgan fingerprint density at radius 3 is 2.33 bits per heavy atom. The summed E-state index contributed by atoms with van der Waals surface area (Å²) in [6.45, 7) is 5.34. The van der Waals surface area contributed by atoms with E-state index in [0.717, 1.165) is 48.0 Å². The summed E-state index contributed by atoms with van der Waals surface area (Å²) >= 11 is 0. The maximum Gasteiger partial charge on any atom is 0.268 e. The molecule has 3 aromatic carbocycles. The molecule has 2 aromatic heterocycles. The van der Waals surface area contributed by atoms with E-state index in [-0.39, 0.29) is 29.1 Å². The Bertz CT molecular complexity index is 2160. The first-order valence-corrected chi connectivity index (χ1v) is 16.9. The van der Waals surface area contributed by atoms with Crippen LogP contribution >= 0.6 is 0 Å². The van der Waals surface area contributed by atoms with Crippen LogP contribution in [-0.4, -0.2) is 49.9 Å². The minimum Gasteiger partial charge on any atom is -0.382 e. The van der Waals surface area contributed by atoms with E-state index >= 15 is 0 Å². The Morgan fingerprint density at radius 1 is 0.918 bits per heavy atom. The van der Waals surface area contributed by atoms with Crippen molar-refractivity contribution in [3.05, 3.63) is 106 Å². The molecule has 7 rings (SSSR count). The Morgan fingerprint density at radius 2 is 1.63 bits per heavy atom. The molecule has 3 heterocycles. The number of benzene rings is 3. The third kappa shape index (κ3) is 5.92. The van der Waals surface area contributed by atoms with Crippen molar-refractivity contribution in [1.82, 2.24) is 19.2 Å². The quantitative estimate of drug-likeness (QED) is 0.227. The molecule has 0 atom stereocenters. The van der Waals surface area contributed by atoms with Gasteiger partial charge in [0.2, 0.25) is 5.91 Å². The van der Waals surface area contributed by atoms with Gasteiger partial charge in [-0.25, -0.2) is 0 Å². The van der Waals surface area contributed by atoms with Gasteiger partial charge in [-0.2, -0.15) is 5.10 Å². The minimum atomic E-state index is -0.577. The largest absolute Gasteiger partial charge is 0.382 e. The number of aryl methyl sites for hydroxylation is 1. The van der Waals surface area contributed by atoms with Gasteiger partial charge in [-0.1, -0.05) is 44.2 Å². The Labute approximate surface area is 284 Å². The van der Waals surface area contributed by atoms with Crippen LogP contribution in [0.1, 0.15) is 77.4 Å². The van der Waals surface area contributed by atoms with Gasteiger partial charge in [-0.05, 0) is 90.8 Å². The summed E-state index contributed by atoms with van der Waals surface area (Å²) in [6, 6.07) is 22.4. The van der Waals surface area contributed by atoms with Gasteiger partial charge in [0.05, 0.1) is 10.9 Å². The molecule has 3 N–H and O–H groups in total. The number of carbonyl (C=O) groups is 3. The van der Waals surface area contributed by atoms with Crippen LogP contribution in [0.2, 0.25) is 0 Å². The molecular weight excluding hydrogens is 616 g/mol. The maximum atomic E-state index is 13.8. The van der Waals surface area contributed by atoms with Gasteiger partial charge in [0.15, 0.2) is 11.6 Å². The number of carbonyl (C=O) groups excluding carboxylic acids is 3. The Kier molecular flexibility index (Phi) is 8.40. The summed E-state index contributed by atoms with van der Waals surface area (Å²) in [5.41, 5.74) is 12.0. The number of amides is 2. The van der Waals surface area contributed by atoms with Crippen LogP contribution in [0.15, 0.2) is 77.6 Å². The number of Topliss-reactive ketones (excluding diaryl/α,β-unsaturated/α-hetero) is 1. The highest BCUT2D eigenvalue weighted by Crippen LogP contribution is 2.39. The summed E-state index contributed by atoms with van der Waals surface area (Å²) in [7, 11) is 1.88. The number of ketones is 1. The fourth-order valence-corrected chi connectivity index (χ4v) is 7.34. The number of fused-ring (bicyclic) bond motifs is 2. The van der Waals surface area contributed by atoms with Gasteiger partial charge >= 0.3 is 0 Å². The fraction of sp³-hybridized carbons (Fsp3) is 0.308. The number of pyridine rings is 1. The summed E-state index contributed by atoms with van der Waals surface area (Å²) in [4.78, 5) is 54.9. The van der Waals surface area contributed by atoms with Crippen LogP contribution in [0.5, 0.6) is 0 Å². The molecule has 1 aliphatic heterocycles. The van der Waals surface area contributed by atoms with E-state index in [1.54, 1.807) is 28.9 Å². The number of hydrogen-bond acceptors (Lipinski definition) is 6. The van der Waals surface area contributed by atoms with Gasteiger partial charge in [0, 0.05) is 55.1 Å². The molecule has 10 heteroatoms. The summed E-state index contributed by atoms with van der Waals surface area (Å²) in [6.07, 6.45) is 3.38. The van der Waals surface area contributed by atoms with Crippen LogP contribution in [0.25, 0.3) is 27.7 Å². The van der Waals surface area contributed by atoms with Crippen LogP contribution in [-0.2, 0) is 18.3 Å². The number of anilines is 2. The standard InChI is InChI=1S/C39H40N6O4/c1-23(2)38(48)44-18-16-24(17-19-44)26-20-29(35-33(21-26)43(3)42-36(35)40)25-12-14-27(15-13-25)41-37(47)31-22-30-32(10-7-11-34(30)46)45(39(31)49)28-8-5-4-6-9-28/h4-6,8-9,12-15,20-24H,7,10-11,16-19H2,1-3H3,(H2,40,42)(H,41,47). The molecule has 5 aromatic rings. The zero-order valence-corrected chi connectivity index (χ0v) is 28.0. The zero-order chi connectivity index (χ0) is 34.4. The average Bonchev–Trinajstić information content (AvgIpc) is 3.40. The van der Waals surface area contributed by atoms with Gasteiger partial charge < -0.3 is 16.0 Å². The van der Waals surface area contributed by atoms with Crippen LogP contribution in [0.4, 0.5) is 11.5 Å². The number of hydrogen-bond donors (Lipinski definition) is 2. The number of rotatable bonds is 6. The molecule has 1 saturated heterocycles. The van der Waals surface area contributed by atoms with Crippen molar-refractivity contribution in [2.75, 3.05) is 24.1 Å². The lowest BCUT2D eigenvalue weighted by molar-refractivity contribution is -0.135. The zero-order valence-electron chi connectivity index (χ0n) is 28.0. The lowest BCUT2D eigenvalue weighted by Gasteiger charge is -2.33. The van der Waals surface area contributed by atoms with E-state index < -0.39 is 11.5 Å². The highest BCUT2D eigenvalue weighted by molar-refractivity contribution is 6.07. The molecule has 0 spiro atoms. The van der Waals surface area contributed by atoms with Crippen molar-refractivity contribution in [2.45, 2.75) is 51.9 Å². The average molecular weight is 657 g/mol. The molecule has 49 heavy (non-hydrogen) atoms. The molecule has 0 saturated carbocycles. The second-order valence-electron chi connectivity index (χ2n) is 13.4. The van der Waals surface area contributed by atoms with Crippen molar-refractivity contribution in [3.8, 4) is 16.8 Å². The van der Waals surface area contributed by atoms with Crippen molar-refractivity contribution < 1.29 is 14.4 Å². The van der Waals surface area contributed by atoms with Crippen molar-refractivity contribution >= 4 is 40.0 Å². The highest BCUT2D eigenvalue weighted by atomic mass is 16.2. The number of aromatic nitrogens is 3. The number of para-hydroxylation sites is 1. The van der Waals surface area contributed by atoms with Gasteiger partial charge in [0.25, 0.3) is 11.5 Å². The maximum absolute atomic E-state index is 13.8. The van der Waals surface area contributed by atoms with Crippen molar-refractivity contribution in [1.29, 1.82) is 0 Å².